The second-order valence-electron chi connectivity index (χ2n) is 22.7. The van der Waals surface area contributed by atoms with Gasteiger partial charge in [0.25, 0.3) is 0 Å². The second-order valence-corrected chi connectivity index (χ2v) is 22.7. The highest BCUT2D eigenvalue weighted by Gasteiger charge is 2.19. The maximum Gasteiger partial charge on any atom is 0.306 e. The smallest absolute Gasteiger partial charge is 0.306 e. The lowest BCUT2D eigenvalue weighted by atomic mass is 10.0. The van der Waals surface area contributed by atoms with Gasteiger partial charge in [-0.05, 0) is 83.5 Å². The molecule has 0 heterocycles. The third-order valence-electron chi connectivity index (χ3n) is 14.8. The summed E-state index contributed by atoms with van der Waals surface area (Å²) in [6.07, 6.45) is 91.7. The monoisotopic (exact) mass is 1110 g/mol. The van der Waals surface area contributed by atoms with E-state index in [0.717, 1.165) is 89.9 Å². The summed E-state index contributed by atoms with van der Waals surface area (Å²) in [6.45, 7) is 6.39. The second kappa shape index (κ2) is 67.8. The molecule has 0 fully saturated rings. The molecule has 0 aromatic heterocycles. The van der Waals surface area contributed by atoms with Gasteiger partial charge in [-0.15, -0.1) is 0 Å². The minimum atomic E-state index is -0.806. The van der Waals surface area contributed by atoms with Crippen LogP contribution in [0.3, 0.4) is 0 Å². The minimum Gasteiger partial charge on any atom is -0.462 e. The molecule has 0 radical (unpaired) electrons. The van der Waals surface area contributed by atoms with Crippen molar-refractivity contribution in [2.24, 2.45) is 0 Å². The number of hydrogen-bond donors (Lipinski definition) is 0. The van der Waals surface area contributed by atoms with Crippen LogP contribution in [-0.2, 0) is 28.6 Å². The number of allylic oxidation sites excluding steroid dienone is 16. The molecule has 0 N–H and O–H groups in total. The molecule has 0 aliphatic carbocycles. The Morgan fingerprint density at radius 2 is 0.512 bits per heavy atom. The zero-order valence-electron chi connectivity index (χ0n) is 52.8. The molecule has 6 nitrogen and oxygen atoms in total. The van der Waals surface area contributed by atoms with Crippen LogP contribution < -0.4 is 0 Å². The van der Waals surface area contributed by atoms with E-state index in [1.807, 2.05) is 6.08 Å². The largest absolute Gasteiger partial charge is 0.462 e. The van der Waals surface area contributed by atoms with Crippen LogP contribution in [0.5, 0.6) is 0 Å². The zero-order valence-corrected chi connectivity index (χ0v) is 52.8. The van der Waals surface area contributed by atoms with Crippen molar-refractivity contribution < 1.29 is 28.6 Å². The number of carbonyl (C=O) groups excluding carboxylic acids is 3. The van der Waals surface area contributed by atoms with E-state index in [1.54, 1.807) is 0 Å². The van der Waals surface area contributed by atoms with Crippen LogP contribution in [0.1, 0.15) is 335 Å². The van der Waals surface area contributed by atoms with Gasteiger partial charge in [-0.1, -0.05) is 330 Å². The Kier molecular flexibility index (Phi) is 64.7. The lowest BCUT2D eigenvalue weighted by Gasteiger charge is -2.18. The fourth-order valence-electron chi connectivity index (χ4n) is 9.80. The van der Waals surface area contributed by atoms with E-state index in [-0.39, 0.29) is 37.5 Å². The Labute approximate surface area is 496 Å². The molecule has 460 valence electrons. The standard InChI is InChI=1S/C74H128O6/c1-4-7-10-13-16-19-22-25-27-29-31-33-35-36-37-38-39-41-42-44-46-49-52-55-58-61-64-67-73(76)79-70-71(69-78-72(75)66-63-60-57-54-51-48-24-21-18-15-12-9-6-3)80-74(77)68-65-62-59-56-53-50-47-45-43-40-34-32-30-28-26-23-20-17-14-11-8-5-2/h7,9-10,12,16,18-19,21,25,27,31,33,48,51,57,60,71H,4-6,8,11,13-15,17,20,22-24,26,28-30,32,34-47,49-50,52-56,58-59,61-70H2,1-3H3/b10-7-,12-9-,19-16-,21-18-,27-25-,33-31-,51-48-,60-57-. The van der Waals surface area contributed by atoms with Gasteiger partial charge in [0.05, 0.1) is 0 Å². The predicted octanol–water partition coefficient (Wildman–Crippen LogP) is 23.6. The summed E-state index contributed by atoms with van der Waals surface area (Å²) in [6, 6.07) is 0. The van der Waals surface area contributed by atoms with Crippen molar-refractivity contribution in [1.82, 2.24) is 0 Å². The van der Waals surface area contributed by atoms with Crippen LogP contribution in [0.15, 0.2) is 97.2 Å². The van der Waals surface area contributed by atoms with Crippen LogP contribution >= 0.6 is 0 Å². The van der Waals surface area contributed by atoms with Crippen molar-refractivity contribution in [3.05, 3.63) is 97.2 Å². The van der Waals surface area contributed by atoms with Gasteiger partial charge in [-0.3, -0.25) is 14.4 Å². The fraction of sp³-hybridized carbons (Fsp3) is 0.743. The molecule has 0 saturated heterocycles. The highest BCUT2D eigenvalue weighted by molar-refractivity contribution is 5.71. The Hall–Kier alpha value is -3.67. The van der Waals surface area contributed by atoms with Crippen molar-refractivity contribution in [3.8, 4) is 0 Å². The summed E-state index contributed by atoms with van der Waals surface area (Å²) in [7, 11) is 0. The molecule has 6 heteroatoms. The maximum absolute atomic E-state index is 12.9. The van der Waals surface area contributed by atoms with Crippen LogP contribution in [0.4, 0.5) is 0 Å². The van der Waals surface area contributed by atoms with Crippen molar-refractivity contribution in [2.45, 2.75) is 341 Å². The first-order chi connectivity index (χ1) is 39.5. The van der Waals surface area contributed by atoms with Gasteiger partial charge in [-0.2, -0.15) is 0 Å². The molecule has 0 rings (SSSR count). The lowest BCUT2D eigenvalue weighted by Crippen LogP contribution is -2.30. The highest BCUT2D eigenvalue weighted by atomic mass is 16.6. The van der Waals surface area contributed by atoms with Crippen molar-refractivity contribution >= 4 is 17.9 Å². The van der Waals surface area contributed by atoms with E-state index in [9.17, 15) is 14.4 Å². The average molecular weight is 1110 g/mol. The van der Waals surface area contributed by atoms with Crippen LogP contribution in [0, 0.1) is 0 Å². The van der Waals surface area contributed by atoms with E-state index < -0.39 is 6.10 Å². The van der Waals surface area contributed by atoms with E-state index in [0.29, 0.717) is 19.3 Å². The third-order valence-corrected chi connectivity index (χ3v) is 14.8. The molecule has 80 heavy (non-hydrogen) atoms. The van der Waals surface area contributed by atoms with Crippen molar-refractivity contribution in [1.29, 1.82) is 0 Å². The first kappa shape index (κ1) is 76.3. The topological polar surface area (TPSA) is 78.9 Å². The number of hydrogen-bond acceptors (Lipinski definition) is 6. The van der Waals surface area contributed by atoms with Gasteiger partial charge in [-0.25, -0.2) is 0 Å². The molecule has 1 unspecified atom stereocenters. The van der Waals surface area contributed by atoms with Gasteiger partial charge >= 0.3 is 17.9 Å². The summed E-state index contributed by atoms with van der Waals surface area (Å²) in [4.78, 5) is 38.3. The minimum absolute atomic E-state index is 0.0965. The average Bonchev–Trinajstić information content (AvgIpc) is 3.46. The first-order valence-electron chi connectivity index (χ1n) is 34.2. The quantitative estimate of drug-likeness (QED) is 0.0261. The van der Waals surface area contributed by atoms with Crippen LogP contribution in [-0.4, -0.2) is 37.2 Å². The summed E-state index contributed by atoms with van der Waals surface area (Å²) in [5, 5.41) is 0. The Morgan fingerprint density at radius 1 is 0.263 bits per heavy atom. The maximum atomic E-state index is 12.9. The van der Waals surface area contributed by atoms with E-state index >= 15 is 0 Å². The number of carbonyl (C=O) groups is 3. The van der Waals surface area contributed by atoms with Crippen molar-refractivity contribution in [3.63, 3.8) is 0 Å². The molecule has 1 atom stereocenters. The summed E-state index contributed by atoms with van der Waals surface area (Å²) >= 11 is 0. The molecule has 0 aliphatic rings. The number of rotatable bonds is 62. The van der Waals surface area contributed by atoms with Gasteiger partial charge in [0, 0.05) is 19.3 Å². The number of ether oxygens (including phenoxy) is 3. The van der Waals surface area contributed by atoms with Gasteiger partial charge in [0.2, 0.25) is 0 Å². The molecular weight excluding hydrogens is 985 g/mol. The van der Waals surface area contributed by atoms with Crippen LogP contribution in [0.25, 0.3) is 0 Å². The fourth-order valence-corrected chi connectivity index (χ4v) is 9.80. The molecule has 0 saturated carbocycles. The highest BCUT2D eigenvalue weighted by Crippen LogP contribution is 2.18. The molecule has 0 spiro atoms. The molecule has 0 aromatic carbocycles. The molecule has 0 aliphatic heterocycles. The van der Waals surface area contributed by atoms with Crippen molar-refractivity contribution in [2.75, 3.05) is 13.2 Å². The molecular formula is C74H128O6. The van der Waals surface area contributed by atoms with Crippen LogP contribution in [0.2, 0.25) is 0 Å². The number of unbranched alkanes of at least 4 members (excludes halogenated alkanes) is 35. The summed E-state index contributed by atoms with van der Waals surface area (Å²) in [5.74, 6) is -0.966. The Bertz CT molecular complexity index is 1560. The van der Waals surface area contributed by atoms with E-state index in [4.69, 9.17) is 14.2 Å². The van der Waals surface area contributed by atoms with E-state index in [2.05, 4.69) is 112 Å². The Balaban J connectivity index is 4.28. The van der Waals surface area contributed by atoms with Gasteiger partial charge in [0.15, 0.2) is 6.10 Å². The molecule has 0 bridgehead atoms. The SMILES string of the molecule is CC/C=C\C/C=C\C/C=C\C/C=C\CCCCCCCCCCCCCCCCC(=O)OCC(COC(=O)CC/C=C\C/C=C\C/C=C\C/C=C\CC)OC(=O)CCCCCCCCCCCCCCCCCCCCCCCC. The lowest BCUT2D eigenvalue weighted by molar-refractivity contribution is -0.166. The first-order valence-corrected chi connectivity index (χ1v) is 34.2. The Morgan fingerprint density at radius 3 is 0.838 bits per heavy atom. The normalized spacial score (nSPS) is 12.7. The molecule has 0 amide bonds. The third kappa shape index (κ3) is 65.1. The van der Waals surface area contributed by atoms with E-state index in [1.165, 1.54) is 199 Å². The van der Waals surface area contributed by atoms with Gasteiger partial charge in [0.1, 0.15) is 13.2 Å². The van der Waals surface area contributed by atoms with Gasteiger partial charge < -0.3 is 14.2 Å². The zero-order chi connectivity index (χ0) is 57.8. The summed E-state index contributed by atoms with van der Waals surface area (Å²) < 4.78 is 16.9. The molecule has 0 aromatic rings. The number of esters is 3. The summed E-state index contributed by atoms with van der Waals surface area (Å²) in [5.41, 5.74) is 0. The predicted molar refractivity (Wildman–Crippen MR) is 348 cm³/mol.